The molecule has 0 spiro atoms. The number of carbonyl (C=O) groups excluding carboxylic acids is 1. The van der Waals surface area contributed by atoms with Crippen molar-refractivity contribution in [3.8, 4) is 0 Å². The van der Waals surface area contributed by atoms with Crippen molar-refractivity contribution in [1.82, 2.24) is 9.47 Å². The van der Waals surface area contributed by atoms with E-state index in [-0.39, 0.29) is 0 Å². The molecule has 3 nitrogen and oxygen atoms in total. The normalized spacial score (nSPS) is 15.3. The van der Waals surface area contributed by atoms with Gasteiger partial charge in [0.1, 0.15) is 0 Å². The molecule has 0 atom stereocenters. The molecule has 1 fully saturated rings. The first-order chi connectivity index (χ1) is 13.0. The molecular formula is C24H34N2O. The summed E-state index contributed by atoms with van der Waals surface area (Å²) in [6.07, 6.45) is 8.92. The van der Waals surface area contributed by atoms with Crippen LogP contribution in [0.1, 0.15) is 69.2 Å². The highest BCUT2D eigenvalue weighted by molar-refractivity contribution is 5.76. The van der Waals surface area contributed by atoms with Crippen LogP contribution < -0.4 is 0 Å². The van der Waals surface area contributed by atoms with Gasteiger partial charge in [0.2, 0.25) is 5.91 Å². The van der Waals surface area contributed by atoms with E-state index in [1.165, 1.54) is 36.1 Å². The number of hydrogen-bond acceptors (Lipinski definition) is 1. The van der Waals surface area contributed by atoms with Crippen molar-refractivity contribution in [3.05, 3.63) is 59.4 Å². The molecule has 1 aliphatic rings. The third-order valence-corrected chi connectivity index (χ3v) is 5.78. The second-order valence-electron chi connectivity index (χ2n) is 8.47. The molecule has 1 heterocycles. The van der Waals surface area contributed by atoms with E-state index in [2.05, 4.69) is 72.8 Å². The zero-order valence-corrected chi connectivity index (χ0v) is 17.2. The Balaban J connectivity index is 1.78. The summed E-state index contributed by atoms with van der Waals surface area (Å²) in [6.45, 7) is 8.04. The molecular weight excluding hydrogens is 332 g/mol. The molecule has 146 valence electrons. The third-order valence-electron chi connectivity index (χ3n) is 5.78. The van der Waals surface area contributed by atoms with Gasteiger partial charge in [-0.05, 0) is 48.9 Å². The minimum Gasteiger partial charge on any atom is -0.345 e. The zero-order chi connectivity index (χ0) is 19.2. The number of aryl methyl sites for hydroxylation is 1. The Morgan fingerprint density at radius 3 is 2.56 bits per heavy atom. The molecule has 0 radical (unpaired) electrons. The van der Waals surface area contributed by atoms with Crippen molar-refractivity contribution < 1.29 is 4.79 Å². The maximum absolute atomic E-state index is 13.0. The Morgan fingerprint density at radius 1 is 1.11 bits per heavy atom. The molecule has 1 aromatic carbocycles. The summed E-state index contributed by atoms with van der Waals surface area (Å²) in [5, 5.41) is 0. The minimum atomic E-state index is 0.320. The monoisotopic (exact) mass is 366 g/mol. The van der Waals surface area contributed by atoms with Crippen LogP contribution in [0.25, 0.3) is 0 Å². The van der Waals surface area contributed by atoms with E-state index in [1.807, 2.05) is 0 Å². The van der Waals surface area contributed by atoms with Gasteiger partial charge in [0.15, 0.2) is 0 Å². The Labute approximate surface area is 164 Å². The number of carbonyl (C=O) groups is 1. The summed E-state index contributed by atoms with van der Waals surface area (Å²) in [4.78, 5) is 15.2. The van der Waals surface area contributed by atoms with E-state index in [4.69, 9.17) is 0 Å². The zero-order valence-electron chi connectivity index (χ0n) is 17.2. The lowest BCUT2D eigenvalue weighted by molar-refractivity contribution is -0.135. The average Bonchev–Trinajstić information content (AvgIpc) is 3.08. The van der Waals surface area contributed by atoms with Crippen molar-refractivity contribution in [2.45, 2.75) is 78.4 Å². The summed E-state index contributed by atoms with van der Waals surface area (Å²) in [7, 11) is 0. The number of aromatic nitrogens is 1. The molecule has 3 heteroatoms. The van der Waals surface area contributed by atoms with Crippen molar-refractivity contribution in [3.63, 3.8) is 0 Å². The maximum Gasteiger partial charge on any atom is 0.223 e. The van der Waals surface area contributed by atoms with Gasteiger partial charge in [-0.3, -0.25) is 4.79 Å². The molecule has 27 heavy (non-hydrogen) atoms. The lowest BCUT2D eigenvalue weighted by Gasteiger charge is -2.35. The largest absolute Gasteiger partial charge is 0.345 e. The number of nitrogens with zero attached hydrogens (tertiary/aromatic N) is 2. The van der Waals surface area contributed by atoms with E-state index in [0.717, 1.165) is 25.9 Å². The predicted octanol–water partition coefficient (Wildman–Crippen LogP) is 5.55. The molecule has 0 saturated heterocycles. The fraction of sp³-hybridized carbons (Fsp3) is 0.542. The third kappa shape index (κ3) is 5.24. The van der Waals surface area contributed by atoms with Crippen LogP contribution in [0, 0.1) is 12.8 Å². The van der Waals surface area contributed by atoms with Gasteiger partial charge >= 0.3 is 0 Å². The summed E-state index contributed by atoms with van der Waals surface area (Å²) < 4.78 is 2.31. The lowest BCUT2D eigenvalue weighted by atomic mass is 9.93. The van der Waals surface area contributed by atoms with Gasteiger partial charge in [0.25, 0.3) is 0 Å². The smallest absolute Gasteiger partial charge is 0.223 e. The van der Waals surface area contributed by atoms with Crippen molar-refractivity contribution in [1.29, 1.82) is 0 Å². The van der Waals surface area contributed by atoms with Gasteiger partial charge in [-0.25, -0.2) is 0 Å². The molecule has 1 amide bonds. The molecule has 2 aromatic rings. The Bertz CT molecular complexity index is 740. The highest BCUT2D eigenvalue weighted by Gasteiger charge is 2.26. The van der Waals surface area contributed by atoms with Gasteiger partial charge in [-0.15, -0.1) is 0 Å². The first-order valence-electron chi connectivity index (χ1n) is 10.5. The van der Waals surface area contributed by atoms with Crippen molar-refractivity contribution >= 4 is 5.91 Å². The first-order valence-corrected chi connectivity index (χ1v) is 10.5. The topological polar surface area (TPSA) is 25.2 Å². The van der Waals surface area contributed by atoms with Crippen LogP contribution in [-0.4, -0.2) is 21.4 Å². The maximum atomic E-state index is 13.0. The first kappa shape index (κ1) is 19.7. The molecule has 3 rings (SSSR count). The summed E-state index contributed by atoms with van der Waals surface area (Å²) in [5.74, 6) is 0.725. The fourth-order valence-electron chi connectivity index (χ4n) is 4.17. The van der Waals surface area contributed by atoms with Crippen LogP contribution in [0.4, 0.5) is 0 Å². The molecule has 1 aromatic heterocycles. The SMILES string of the molecule is Cc1ccccc1Cn1cccc1CN(C(=O)CC(C)C)C1CCCCC1. The second-order valence-corrected chi connectivity index (χ2v) is 8.47. The average molecular weight is 367 g/mol. The van der Waals surface area contributed by atoms with Crippen LogP contribution in [0.15, 0.2) is 42.6 Å². The van der Waals surface area contributed by atoms with Gasteiger partial charge in [-0.1, -0.05) is 57.4 Å². The number of hydrogen-bond donors (Lipinski definition) is 0. The summed E-state index contributed by atoms with van der Waals surface area (Å²) >= 11 is 0. The number of benzene rings is 1. The minimum absolute atomic E-state index is 0.320. The van der Waals surface area contributed by atoms with Crippen LogP contribution in [0.3, 0.4) is 0 Å². The van der Waals surface area contributed by atoms with Crippen LogP contribution in [0.2, 0.25) is 0 Å². The quantitative estimate of drug-likeness (QED) is 0.630. The van der Waals surface area contributed by atoms with Crippen molar-refractivity contribution in [2.75, 3.05) is 0 Å². The van der Waals surface area contributed by atoms with Gasteiger partial charge in [0.05, 0.1) is 6.54 Å². The second kappa shape index (κ2) is 9.25. The Morgan fingerprint density at radius 2 is 1.85 bits per heavy atom. The van der Waals surface area contributed by atoms with E-state index >= 15 is 0 Å². The summed E-state index contributed by atoms with van der Waals surface area (Å²) in [6, 6.07) is 13.3. The Kier molecular flexibility index (Phi) is 6.76. The van der Waals surface area contributed by atoms with E-state index < -0.39 is 0 Å². The number of rotatable bonds is 7. The molecule has 0 N–H and O–H groups in total. The molecule has 0 unspecified atom stereocenters. The summed E-state index contributed by atoms with van der Waals surface area (Å²) in [5.41, 5.74) is 3.89. The Hall–Kier alpha value is -2.03. The fourth-order valence-corrected chi connectivity index (χ4v) is 4.17. The highest BCUT2D eigenvalue weighted by Crippen LogP contribution is 2.26. The highest BCUT2D eigenvalue weighted by atomic mass is 16.2. The van der Waals surface area contributed by atoms with Crippen LogP contribution >= 0.6 is 0 Å². The van der Waals surface area contributed by atoms with E-state index in [0.29, 0.717) is 24.3 Å². The van der Waals surface area contributed by atoms with Crippen molar-refractivity contribution in [2.24, 2.45) is 5.92 Å². The van der Waals surface area contributed by atoms with Crippen LogP contribution in [-0.2, 0) is 17.9 Å². The van der Waals surface area contributed by atoms with Crippen LogP contribution in [0.5, 0.6) is 0 Å². The molecule has 0 bridgehead atoms. The molecule has 0 aliphatic heterocycles. The van der Waals surface area contributed by atoms with Gasteiger partial charge in [-0.2, -0.15) is 0 Å². The van der Waals surface area contributed by atoms with E-state index in [1.54, 1.807) is 0 Å². The molecule has 1 saturated carbocycles. The standard InChI is InChI=1S/C24H34N2O/c1-19(2)16-24(27)26(22-12-5-4-6-13-22)18-23-14-9-15-25(23)17-21-11-8-7-10-20(21)3/h7-11,14-15,19,22H,4-6,12-13,16-18H2,1-3H3. The predicted molar refractivity (Wildman–Crippen MR) is 112 cm³/mol. The molecule has 1 aliphatic carbocycles. The number of amides is 1. The van der Waals surface area contributed by atoms with E-state index in [9.17, 15) is 4.79 Å². The van der Waals surface area contributed by atoms with Gasteiger partial charge < -0.3 is 9.47 Å². The lowest BCUT2D eigenvalue weighted by Crippen LogP contribution is -2.41. The van der Waals surface area contributed by atoms with Gasteiger partial charge in [0, 0.05) is 30.9 Å².